The zero-order chi connectivity index (χ0) is 11.3. The molecule has 2 atom stereocenters. The van der Waals surface area contributed by atoms with Gasteiger partial charge in [-0.15, -0.1) is 12.3 Å². The summed E-state index contributed by atoms with van der Waals surface area (Å²) < 4.78 is 0. The number of likely N-dealkylation sites (N-methyl/N-ethyl adjacent to an activating group) is 2. The molecule has 0 amide bonds. The predicted octanol–water partition coefficient (Wildman–Crippen LogP) is 0.397. The Kier molecular flexibility index (Phi) is 5.10. The third kappa shape index (κ3) is 3.83. The molecule has 0 saturated carbocycles. The lowest BCUT2D eigenvalue weighted by Crippen LogP contribution is -2.55. The largest absolute Gasteiger partial charge is 0.391 e. The van der Waals surface area contributed by atoms with Gasteiger partial charge in [-0.1, -0.05) is 0 Å². The van der Waals surface area contributed by atoms with E-state index in [0.717, 1.165) is 38.9 Å². The van der Waals surface area contributed by atoms with Crippen molar-refractivity contribution in [2.45, 2.75) is 31.4 Å². The smallest absolute Gasteiger partial charge is 0.0708 e. The number of terminal acetylenes is 1. The van der Waals surface area contributed by atoms with Crippen LogP contribution in [0.3, 0.4) is 0 Å². The Labute approximate surface area is 93.1 Å². The molecule has 1 N–H and O–H groups in total. The van der Waals surface area contributed by atoms with Crippen molar-refractivity contribution in [1.29, 1.82) is 0 Å². The van der Waals surface area contributed by atoms with E-state index < -0.39 is 0 Å². The van der Waals surface area contributed by atoms with Crippen molar-refractivity contribution in [2.24, 2.45) is 0 Å². The molecule has 15 heavy (non-hydrogen) atoms. The summed E-state index contributed by atoms with van der Waals surface area (Å²) >= 11 is 0. The Morgan fingerprint density at radius 1 is 1.47 bits per heavy atom. The molecule has 1 aliphatic heterocycles. The minimum atomic E-state index is -0.244. The van der Waals surface area contributed by atoms with Crippen molar-refractivity contribution in [3.63, 3.8) is 0 Å². The van der Waals surface area contributed by atoms with Crippen LogP contribution >= 0.6 is 0 Å². The van der Waals surface area contributed by atoms with Crippen LogP contribution in [0, 0.1) is 12.3 Å². The SMILES string of the molecule is C#CCCCC(O)C1CN(C)CCN1C. The summed E-state index contributed by atoms with van der Waals surface area (Å²) in [6.07, 6.45) is 7.45. The maximum absolute atomic E-state index is 10.1. The fraction of sp³-hybridized carbons (Fsp3) is 0.833. The first kappa shape index (κ1) is 12.5. The van der Waals surface area contributed by atoms with Crippen LogP contribution in [0.1, 0.15) is 19.3 Å². The Morgan fingerprint density at radius 3 is 2.87 bits per heavy atom. The normalized spacial score (nSPS) is 26.1. The number of unbranched alkanes of at least 4 members (excludes halogenated alkanes) is 1. The molecular formula is C12H22N2O. The van der Waals surface area contributed by atoms with Gasteiger partial charge in [0.1, 0.15) is 0 Å². The Balaban J connectivity index is 2.36. The highest BCUT2D eigenvalue weighted by Gasteiger charge is 2.27. The number of nitrogens with zero attached hydrogens (tertiary/aromatic N) is 2. The highest BCUT2D eigenvalue weighted by molar-refractivity contribution is 4.87. The first-order chi connectivity index (χ1) is 7.15. The third-order valence-electron chi connectivity index (χ3n) is 3.16. The topological polar surface area (TPSA) is 26.7 Å². The minimum absolute atomic E-state index is 0.244. The van der Waals surface area contributed by atoms with Crippen LogP contribution < -0.4 is 0 Å². The Morgan fingerprint density at radius 2 is 2.20 bits per heavy atom. The van der Waals surface area contributed by atoms with Gasteiger partial charge in [0.15, 0.2) is 0 Å². The summed E-state index contributed by atoms with van der Waals surface area (Å²) in [4.78, 5) is 4.52. The fourth-order valence-electron chi connectivity index (χ4n) is 2.07. The van der Waals surface area contributed by atoms with E-state index in [1.54, 1.807) is 0 Å². The summed E-state index contributed by atoms with van der Waals surface area (Å²) in [6.45, 7) is 3.07. The molecule has 0 bridgehead atoms. The molecule has 2 unspecified atom stereocenters. The molecule has 3 heteroatoms. The van der Waals surface area contributed by atoms with Gasteiger partial charge in [0, 0.05) is 32.1 Å². The zero-order valence-electron chi connectivity index (χ0n) is 9.82. The van der Waals surface area contributed by atoms with Crippen LogP contribution in [0.5, 0.6) is 0 Å². The van der Waals surface area contributed by atoms with Crippen LogP contribution in [0.2, 0.25) is 0 Å². The molecule has 0 aromatic rings. The van der Waals surface area contributed by atoms with Crippen molar-refractivity contribution in [3.05, 3.63) is 0 Å². The van der Waals surface area contributed by atoms with E-state index in [1.807, 2.05) is 0 Å². The zero-order valence-corrected chi connectivity index (χ0v) is 9.82. The number of rotatable bonds is 4. The van der Waals surface area contributed by atoms with E-state index in [1.165, 1.54) is 0 Å². The first-order valence-corrected chi connectivity index (χ1v) is 5.65. The van der Waals surface area contributed by atoms with Gasteiger partial charge in [0.25, 0.3) is 0 Å². The Bertz CT molecular complexity index is 224. The summed E-state index contributed by atoms with van der Waals surface area (Å²) in [6, 6.07) is 0.265. The summed E-state index contributed by atoms with van der Waals surface area (Å²) in [7, 11) is 4.19. The second kappa shape index (κ2) is 6.12. The van der Waals surface area contributed by atoms with E-state index in [2.05, 4.69) is 29.8 Å². The fourth-order valence-corrected chi connectivity index (χ4v) is 2.07. The molecule has 1 fully saturated rings. The van der Waals surface area contributed by atoms with Crippen molar-refractivity contribution in [2.75, 3.05) is 33.7 Å². The van der Waals surface area contributed by atoms with Gasteiger partial charge < -0.3 is 10.0 Å². The molecule has 0 spiro atoms. The first-order valence-electron chi connectivity index (χ1n) is 5.65. The van der Waals surface area contributed by atoms with E-state index in [0.29, 0.717) is 0 Å². The van der Waals surface area contributed by atoms with Crippen LogP contribution in [0.25, 0.3) is 0 Å². The second-order valence-corrected chi connectivity index (χ2v) is 4.47. The highest BCUT2D eigenvalue weighted by Crippen LogP contribution is 2.14. The number of aliphatic hydroxyl groups excluding tert-OH is 1. The predicted molar refractivity (Wildman–Crippen MR) is 62.6 cm³/mol. The number of hydrogen-bond donors (Lipinski definition) is 1. The molecule has 0 aromatic heterocycles. The van der Waals surface area contributed by atoms with Gasteiger partial charge >= 0.3 is 0 Å². The average molecular weight is 210 g/mol. The summed E-state index contributed by atoms with van der Waals surface area (Å²) in [5.41, 5.74) is 0. The molecular weight excluding hydrogens is 188 g/mol. The van der Waals surface area contributed by atoms with Gasteiger partial charge in [-0.3, -0.25) is 4.90 Å². The van der Waals surface area contributed by atoms with Crippen molar-refractivity contribution >= 4 is 0 Å². The van der Waals surface area contributed by atoms with E-state index >= 15 is 0 Å². The lowest BCUT2D eigenvalue weighted by atomic mass is 10.0. The minimum Gasteiger partial charge on any atom is -0.391 e. The number of hydrogen-bond acceptors (Lipinski definition) is 3. The number of aliphatic hydroxyl groups is 1. The van der Waals surface area contributed by atoms with Crippen LogP contribution in [-0.4, -0.2) is 60.8 Å². The molecule has 1 saturated heterocycles. The standard InChI is InChI=1S/C12H22N2O/c1-4-5-6-7-12(15)11-10-13(2)8-9-14(11)3/h1,11-12,15H,5-10H2,2-3H3. The van der Waals surface area contributed by atoms with Gasteiger partial charge in [-0.2, -0.15) is 0 Å². The molecule has 0 aliphatic carbocycles. The van der Waals surface area contributed by atoms with E-state index in [9.17, 15) is 5.11 Å². The maximum Gasteiger partial charge on any atom is 0.0708 e. The van der Waals surface area contributed by atoms with Crippen molar-refractivity contribution in [1.82, 2.24) is 9.80 Å². The number of piperazine rings is 1. The monoisotopic (exact) mass is 210 g/mol. The summed E-state index contributed by atoms with van der Waals surface area (Å²) in [5.74, 6) is 2.61. The molecule has 86 valence electrons. The van der Waals surface area contributed by atoms with Crippen molar-refractivity contribution in [3.8, 4) is 12.3 Å². The quantitative estimate of drug-likeness (QED) is 0.537. The highest BCUT2D eigenvalue weighted by atomic mass is 16.3. The maximum atomic E-state index is 10.1. The van der Waals surface area contributed by atoms with Crippen LogP contribution in [0.4, 0.5) is 0 Å². The average Bonchev–Trinajstić information content (AvgIpc) is 2.22. The lowest BCUT2D eigenvalue weighted by Gasteiger charge is -2.40. The van der Waals surface area contributed by atoms with Gasteiger partial charge in [-0.05, 0) is 26.9 Å². The van der Waals surface area contributed by atoms with Gasteiger partial charge in [-0.25, -0.2) is 0 Å². The molecule has 0 radical (unpaired) electrons. The molecule has 1 heterocycles. The van der Waals surface area contributed by atoms with Gasteiger partial charge in [0.2, 0.25) is 0 Å². The van der Waals surface area contributed by atoms with E-state index in [4.69, 9.17) is 6.42 Å². The van der Waals surface area contributed by atoms with Crippen LogP contribution in [-0.2, 0) is 0 Å². The van der Waals surface area contributed by atoms with E-state index in [-0.39, 0.29) is 12.1 Å². The Hall–Kier alpha value is -0.560. The molecule has 3 nitrogen and oxygen atoms in total. The van der Waals surface area contributed by atoms with Crippen molar-refractivity contribution < 1.29 is 5.11 Å². The lowest BCUT2D eigenvalue weighted by molar-refractivity contribution is 0.0102. The van der Waals surface area contributed by atoms with Crippen LogP contribution in [0.15, 0.2) is 0 Å². The molecule has 0 aromatic carbocycles. The molecule has 1 aliphatic rings. The molecule has 1 rings (SSSR count). The summed E-state index contributed by atoms with van der Waals surface area (Å²) in [5, 5.41) is 10.1. The van der Waals surface area contributed by atoms with Gasteiger partial charge in [0.05, 0.1) is 6.10 Å². The second-order valence-electron chi connectivity index (χ2n) is 4.47. The third-order valence-corrected chi connectivity index (χ3v) is 3.16.